The van der Waals surface area contributed by atoms with Crippen LogP contribution in [0.5, 0.6) is 5.88 Å². The van der Waals surface area contributed by atoms with Crippen molar-refractivity contribution in [3.05, 3.63) is 64.3 Å². The molecule has 3 amide bonds. The average molecular weight is 563 g/mol. The molecule has 1 heterocycles. The lowest BCUT2D eigenvalue weighted by Crippen LogP contribution is -2.41. The molecule has 4 rings (SSSR count). The molecule has 2 aliphatic rings. The van der Waals surface area contributed by atoms with Gasteiger partial charge in [-0.15, -0.1) is 0 Å². The Morgan fingerprint density at radius 2 is 1.91 bits per heavy atom. The molecule has 2 bridgehead atoms. The summed E-state index contributed by atoms with van der Waals surface area (Å²) in [6, 6.07) is 7.09. The Labute approximate surface area is 212 Å². The highest BCUT2D eigenvalue weighted by molar-refractivity contribution is 9.10. The molecule has 0 aliphatic heterocycles. The first-order valence-electron chi connectivity index (χ1n) is 11.3. The molecular weight excluding hydrogens is 536 g/mol. The highest BCUT2D eigenvalue weighted by Gasteiger charge is 2.35. The monoisotopic (exact) mass is 562 g/mol. The summed E-state index contributed by atoms with van der Waals surface area (Å²) < 4.78 is 33.0. The lowest BCUT2D eigenvalue weighted by molar-refractivity contribution is 0.0950. The van der Waals surface area contributed by atoms with Crippen LogP contribution in [0.15, 0.2) is 58.0 Å². The van der Waals surface area contributed by atoms with Crippen LogP contribution in [0.2, 0.25) is 0 Å². The van der Waals surface area contributed by atoms with Gasteiger partial charge in [0, 0.05) is 23.8 Å². The Kier molecular flexibility index (Phi) is 7.75. The number of ether oxygens (including phenoxy) is 1. The highest BCUT2D eigenvalue weighted by atomic mass is 79.9. The van der Waals surface area contributed by atoms with Gasteiger partial charge in [-0.1, -0.05) is 24.3 Å². The second-order valence-corrected chi connectivity index (χ2v) is 11.3. The fourth-order valence-corrected chi connectivity index (χ4v) is 5.83. The molecule has 3 N–H and O–H groups in total. The third-order valence-corrected chi connectivity index (χ3v) is 8.14. The molecule has 0 saturated heterocycles. The molecule has 3 atom stereocenters. The molecule has 2 aromatic rings. The van der Waals surface area contributed by atoms with Crippen LogP contribution in [0.25, 0.3) is 0 Å². The fraction of sp³-hybridized carbons (Fsp3) is 0.375. The Balaban J connectivity index is 1.25. The Bertz CT molecular complexity index is 1230. The van der Waals surface area contributed by atoms with Crippen LogP contribution in [-0.4, -0.2) is 45.5 Å². The van der Waals surface area contributed by atoms with Crippen molar-refractivity contribution >= 4 is 37.9 Å². The molecule has 1 aromatic heterocycles. The van der Waals surface area contributed by atoms with E-state index in [1.165, 1.54) is 19.2 Å². The second kappa shape index (κ2) is 10.8. The van der Waals surface area contributed by atoms with Crippen molar-refractivity contribution < 1.29 is 22.7 Å². The molecule has 0 radical (unpaired) electrons. The van der Waals surface area contributed by atoms with Crippen LogP contribution in [0.4, 0.5) is 4.79 Å². The van der Waals surface area contributed by atoms with Crippen molar-refractivity contribution in [3.63, 3.8) is 0 Å². The number of hydrogen-bond donors (Lipinski definition) is 3. The molecule has 3 unspecified atom stereocenters. The number of halogens is 1. The molecule has 1 saturated carbocycles. The van der Waals surface area contributed by atoms with Crippen LogP contribution in [0.3, 0.4) is 0 Å². The van der Waals surface area contributed by atoms with E-state index in [2.05, 4.69) is 48.4 Å². The van der Waals surface area contributed by atoms with E-state index < -0.39 is 16.1 Å². The van der Waals surface area contributed by atoms with Gasteiger partial charge in [-0.05, 0) is 76.7 Å². The molecule has 1 fully saturated rings. The molecule has 0 spiro atoms. The number of amides is 3. The molecule has 1 aromatic carbocycles. The molecule has 11 heteroatoms. The summed E-state index contributed by atoms with van der Waals surface area (Å²) in [5, 5.41) is 5.49. The minimum Gasteiger partial charge on any atom is -0.480 e. The number of nitrogens with one attached hydrogen (secondary N) is 3. The standard InChI is InChI=1S/C24H27BrN4O5S/c1-34-23-21(12-19(25)14-27-23)22(30)26-9-8-15-3-6-20(7-4-15)35(32,33)29-24(31)28-13-18-11-16-2-5-17(18)10-16/h2-7,12,14,16-18H,8-11,13H2,1H3,(H,26,30)(H2,28,29,31). The average Bonchev–Trinajstić information content (AvgIpc) is 3.46. The fourth-order valence-electron chi connectivity index (χ4n) is 4.57. The van der Waals surface area contributed by atoms with E-state index in [9.17, 15) is 18.0 Å². The molecule has 186 valence electrons. The van der Waals surface area contributed by atoms with Crippen LogP contribution >= 0.6 is 15.9 Å². The number of allylic oxidation sites excluding steroid dienone is 2. The Morgan fingerprint density at radius 3 is 2.57 bits per heavy atom. The van der Waals surface area contributed by atoms with Gasteiger partial charge in [0.25, 0.3) is 15.9 Å². The number of carbonyl (C=O) groups is 2. The summed E-state index contributed by atoms with van der Waals surface area (Å²) in [4.78, 5) is 28.7. The van der Waals surface area contributed by atoms with Crippen molar-refractivity contribution in [2.75, 3.05) is 20.2 Å². The van der Waals surface area contributed by atoms with Crippen LogP contribution < -0.4 is 20.1 Å². The maximum atomic E-state index is 12.6. The predicted octanol–water partition coefficient (Wildman–Crippen LogP) is 3.03. The molecule has 2 aliphatic carbocycles. The summed E-state index contributed by atoms with van der Waals surface area (Å²) in [6.45, 7) is 0.791. The zero-order valence-electron chi connectivity index (χ0n) is 19.2. The second-order valence-electron chi connectivity index (χ2n) is 8.72. The Hall–Kier alpha value is -2.92. The zero-order valence-corrected chi connectivity index (χ0v) is 21.6. The van der Waals surface area contributed by atoms with Gasteiger partial charge in [0.05, 0.1) is 12.0 Å². The van der Waals surface area contributed by atoms with Gasteiger partial charge in [-0.3, -0.25) is 4.79 Å². The van der Waals surface area contributed by atoms with Gasteiger partial charge in [0.15, 0.2) is 0 Å². The van der Waals surface area contributed by atoms with Crippen LogP contribution in [-0.2, 0) is 16.4 Å². The van der Waals surface area contributed by atoms with E-state index in [4.69, 9.17) is 4.74 Å². The number of benzene rings is 1. The Morgan fingerprint density at radius 1 is 1.14 bits per heavy atom. The van der Waals surface area contributed by atoms with Crippen LogP contribution in [0, 0.1) is 17.8 Å². The molecular formula is C24H27BrN4O5S. The number of fused-ring (bicyclic) bond motifs is 2. The van der Waals surface area contributed by atoms with Gasteiger partial charge < -0.3 is 15.4 Å². The van der Waals surface area contributed by atoms with Crippen molar-refractivity contribution in [2.24, 2.45) is 17.8 Å². The van der Waals surface area contributed by atoms with Gasteiger partial charge in [0.1, 0.15) is 5.56 Å². The maximum Gasteiger partial charge on any atom is 0.328 e. The van der Waals surface area contributed by atoms with Crippen molar-refractivity contribution in [3.8, 4) is 5.88 Å². The third kappa shape index (κ3) is 6.21. The number of rotatable bonds is 9. The largest absolute Gasteiger partial charge is 0.480 e. The number of sulfonamides is 1. The molecule has 35 heavy (non-hydrogen) atoms. The van der Waals surface area contributed by atoms with E-state index in [-0.39, 0.29) is 16.7 Å². The van der Waals surface area contributed by atoms with E-state index in [0.717, 1.165) is 18.4 Å². The van der Waals surface area contributed by atoms with Crippen molar-refractivity contribution in [1.29, 1.82) is 0 Å². The number of carbonyl (C=O) groups excluding carboxylic acids is 2. The third-order valence-electron chi connectivity index (χ3n) is 6.36. The normalized spacial score (nSPS) is 20.5. The van der Waals surface area contributed by atoms with Gasteiger partial charge >= 0.3 is 6.03 Å². The number of urea groups is 1. The van der Waals surface area contributed by atoms with Gasteiger partial charge in [0.2, 0.25) is 5.88 Å². The van der Waals surface area contributed by atoms with E-state index in [0.29, 0.717) is 47.3 Å². The van der Waals surface area contributed by atoms with E-state index >= 15 is 0 Å². The first-order valence-corrected chi connectivity index (χ1v) is 13.6. The maximum absolute atomic E-state index is 12.6. The van der Waals surface area contributed by atoms with Gasteiger partial charge in [-0.2, -0.15) is 0 Å². The predicted molar refractivity (Wildman–Crippen MR) is 134 cm³/mol. The number of pyridine rings is 1. The van der Waals surface area contributed by atoms with Crippen molar-refractivity contribution in [2.45, 2.75) is 24.2 Å². The number of methoxy groups -OCH3 is 1. The first-order chi connectivity index (χ1) is 16.7. The summed E-state index contributed by atoms with van der Waals surface area (Å²) >= 11 is 3.29. The quantitative estimate of drug-likeness (QED) is 0.403. The lowest BCUT2D eigenvalue weighted by Gasteiger charge is -2.18. The zero-order chi connectivity index (χ0) is 25.0. The topological polar surface area (TPSA) is 126 Å². The SMILES string of the molecule is COc1ncc(Br)cc1C(=O)NCCc1ccc(S(=O)(=O)NC(=O)NCC2CC3C=CC2C3)cc1. The summed E-state index contributed by atoms with van der Waals surface area (Å²) in [5.41, 5.74) is 1.14. The summed E-state index contributed by atoms with van der Waals surface area (Å²) in [5.74, 6) is 1.32. The summed E-state index contributed by atoms with van der Waals surface area (Å²) in [7, 11) is -2.54. The van der Waals surface area contributed by atoms with Crippen LogP contribution in [0.1, 0.15) is 28.8 Å². The summed E-state index contributed by atoms with van der Waals surface area (Å²) in [6.07, 6.45) is 8.60. The molecule has 9 nitrogen and oxygen atoms in total. The highest BCUT2D eigenvalue weighted by Crippen LogP contribution is 2.42. The van der Waals surface area contributed by atoms with Gasteiger partial charge in [-0.25, -0.2) is 22.9 Å². The number of hydrogen-bond acceptors (Lipinski definition) is 6. The van der Waals surface area contributed by atoms with E-state index in [1.807, 2.05) is 0 Å². The minimum absolute atomic E-state index is 0.00626. The van der Waals surface area contributed by atoms with Crippen molar-refractivity contribution in [1.82, 2.24) is 20.3 Å². The first kappa shape index (κ1) is 25.2. The lowest BCUT2D eigenvalue weighted by atomic mass is 9.94. The number of aromatic nitrogens is 1. The smallest absolute Gasteiger partial charge is 0.328 e. The minimum atomic E-state index is -3.99. The number of nitrogens with zero attached hydrogens (tertiary/aromatic N) is 1. The van der Waals surface area contributed by atoms with E-state index in [1.54, 1.807) is 24.4 Å².